The van der Waals surface area contributed by atoms with Crippen LogP contribution in [0.4, 0.5) is 10.5 Å². The smallest absolute Gasteiger partial charge is 0.407 e. The second-order valence-corrected chi connectivity index (χ2v) is 19.2. The molecule has 1 atom stereocenters. The number of nitrogens with one attached hydrogen (secondary N) is 2. The van der Waals surface area contributed by atoms with E-state index < -0.39 is 31.3 Å². The number of aliphatic hydroxyl groups is 1. The van der Waals surface area contributed by atoms with Crippen LogP contribution in [0.2, 0.25) is 25.7 Å². The Hall–Kier alpha value is -2.63. The molecule has 3 rings (SSSR count). The van der Waals surface area contributed by atoms with Crippen molar-refractivity contribution in [2.24, 2.45) is 0 Å². The highest BCUT2D eigenvalue weighted by atomic mass is 28.3. The van der Waals surface area contributed by atoms with Crippen LogP contribution >= 0.6 is 0 Å². The van der Waals surface area contributed by atoms with E-state index in [0.717, 1.165) is 37.1 Å². The zero-order valence-corrected chi connectivity index (χ0v) is 27.3. The minimum Gasteiger partial charge on any atom is -0.465 e. The van der Waals surface area contributed by atoms with Gasteiger partial charge in [-0.3, -0.25) is 0 Å². The van der Waals surface area contributed by atoms with E-state index in [4.69, 9.17) is 14.2 Å². The van der Waals surface area contributed by atoms with Gasteiger partial charge in [0, 0.05) is 38.3 Å². The maximum atomic E-state index is 12.8. The molecule has 0 spiro atoms. The fraction of sp³-hybridized carbons (Fsp3) is 0.700. The summed E-state index contributed by atoms with van der Waals surface area (Å²) in [6.45, 7) is 17.1. The zero-order valence-electron chi connectivity index (χ0n) is 26.3. The Morgan fingerprint density at radius 3 is 2.32 bits per heavy atom. The summed E-state index contributed by atoms with van der Waals surface area (Å²) in [4.78, 5) is 29.7. The Balaban J connectivity index is 1.89. The van der Waals surface area contributed by atoms with Crippen LogP contribution in [0.5, 0.6) is 0 Å². The van der Waals surface area contributed by atoms with Crippen LogP contribution in [-0.2, 0) is 26.5 Å². The normalized spacial score (nSPS) is 19.5. The number of amides is 1. The summed E-state index contributed by atoms with van der Waals surface area (Å²) in [6, 6.07) is 3.05. The first kappa shape index (κ1) is 32.9. The number of anilines is 1. The summed E-state index contributed by atoms with van der Waals surface area (Å²) < 4.78 is 18.5. The molecule has 1 aliphatic rings. The standard InChI is InChI=1S/C30H50N4O6Si/c1-10-30(5,37)24-17-22-25(32-20-11-13-21(14-12-20)33-28(36)40-29(2,3)4)23(27(35)38-6)18-31-26(22)34(24)19-39-15-16-41(7,8)9/h17-18,20-21,37H,10-16,19H2,1-9H3,(H,31,32)(H,33,36). The molecule has 2 heterocycles. The van der Waals surface area contributed by atoms with Gasteiger partial charge in [-0.1, -0.05) is 26.6 Å². The zero-order chi connectivity index (χ0) is 30.6. The molecule has 230 valence electrons. The van der Waals surface area contributed by atoms with Crippen molar-refractivity contribution in [1.82, 2.24) is 14.9 Å². The highest BCUT2D eigenvalue weighted by Crippen LogP contribution is 2.36. The predicted molar refractivity (Wildman–Crippen MR) is 164 cm³/mol. The molecule has 0 aromatic carbocycles. The number of pyridine rings is 1. The summed E-state index contributed by atoms with van der Waals surface area (Å²) >= 11 is 0. The number of hydrogen-bond acceptors (Lipinski definition) is 8. The first-order chi connectivity index (χ1) is 19.0. The van der Waals surface area contributed by atoms with Gasteiger partial charge in [-0.2, -0.15) is 0 Å². The SMILES string of the molecule is CCC(C)(O)c1cc2c(NC3CCC(NC(=O)OC(C)(C)C)CC3)c(C(=O)OC)cnc2n1COCC[Si](C)(C)C. The molecule has 0 bridgehead atoms. The average Bonchev–Trinajstić information content (AvgIpc) is 3.25. The van der Waals surface area contributed by atoms with E-state index in [1.807, 2.05) is 38.3 Å². The monoisotopic (exact) mass is 590 g/mol. The van der Waals surface area contributed by atoms with E-state index in [-0.39, 0.29) is 18.8 Å². The molecule has 10 nitrogen and oxygen atoms in total. The molecule has 41 heavy (non-hydrogen) atoms. The number of nitrogens with zero attached hydrogens (tertiary/aromatic N) is 2. The van der Waals surface area contributed by atoms with Gasteiger partial charge in [0.15, 0.2) is 0 Å². The van der Waals surface area contributed by atoms with Crippen molar-refractivity contribution < 1.29 is 28.9 Å². The van der Waals surface area contributed by atoms with E-state index in [1.54, 1.807) is 6.92 Å². The number of rotatable bonds is 11. The minimum absolute atomic E-state index is 0.0288. The molecule has 2 aromatic heterocycles. The molecule has 2 aromatic rings. The van der Waals surface area contributed by atoms with Crippen LogP contribution in [0.15, 0.2) is 12.3 Å². The number of aromatic nitrogens is 2. The van der Waals surface area contributed by atoms with Crippen molar-refractivity contribution in [3.8, 4) is 0 Å². The van der Waals surface area contributed by atoms with E-state index in [9.17, 15) is 14.7 Å². The van der Waals surface area contributed by atoms with Crippen LogP contribution in [0.1, 0.15) is 82.8 Å². The first-order valence-electron chi connectivity index (χ1n) is 14.7. The molecule has 1 aliphatic carbocycles. The Bertz CT molecular complexity index is 1210. The lowest BCUT2D eigenvalue weighted by molar-refractivity contribution is 0.0296. The summed E-state index contributed by atoms with van der Waals surface area (Å²) in [5.74, 6) is -0.481. The molecule has 11 heteroatoms. The largest absolute Gasteiger partial charge is 0.465 e. The van der Waals surface area contributed by atoms with Crippen molar-refractivity contribution in [2.75, 3.05) is 19.0 Å². The van der Waals surface area contributed by atoms with Gasteiger partial charge in [-0.25, -0.2) is 14.6 Å². The molecule has 1 fully saturated rings. The Morgan fingerprint density at radius 1 is 1.12 bits per heavy atom. The van der Waals surface area contributed by atoms with E-state index >= 15 is 0 Å². The van der Waals surface area contributed by atoms with Gasteiger partial charge in [0.2, 0.25) is 0 Å². The van der Waals surface area contributed by atoms with E-state index in [0.29, 0.717) is 35.6 Å². The van der Waals surface area contributed by atoms with Crippen LogP contribution in [0.25, 0.3) is 11.0 Å². The first-order valence-corrected chi connectivity index (χ1v) is 18.4. The average molecular weight is 591 g/mol. The molecule has 3 N–H and O–H groups in total. The number of alkyl carbamates (subject to hydrolysis) is 1. The molecule has 1 amide bonds. The summed E-state index contributed by atoms with van der Waals surface area (Å²) in [6.07, 6.45) is 4.78. The fourth-order valence-electron chi connectivity index (χ4n) is 4.97. The molecule has 0 aliphatic heterocycles. The third kappa shape index (κ3) is 8.92. The second-order valence-electron chi connectivity index (χ2n) is 13.5. The Kier molecular flexibility index (Phi) is 10.5. The minimum atomic E-state index is -1.26. The predicted octanol–water partition coefficient (Wildman–Crippen LogP) is 6.00. The Morgan fingerprint density at radius 2 is 1.76 bits per heavy atom. The van der Waals surface area contributed by atoms with Crippen LogP contribution in [0, 0.1) is 0 Å². The van der Waals surface area contributed by atoms with Crippen molar-refractivity contribution in [1.29, 1.82) is 0 Å². The molecule has 0 radical (unpaired) electrons. The molecule has 0 saturated heterocycles. The van der Waals surface area contributed by atoms with Crippen LogP contribution in [-0.4, -0.2) is 66.2 Å². The van der Waals surface area contributed by atoms with Gasteiger partial charge in [0.1, 0.15) is 29.1 Å². The van der Waals surface area contributed by atoms with Crippen LogP contribution < -0.4 is 10.6 Å². The summed E-state index contributed by atoms with van der Waals surface area (Å²) in [5.41, 5.74) is 0.643. The van der Waals surface area contributed by atoms with E-state index in [2.05, 4.69) is 35.3 Å². The molecular weight excluding hydrogens is 540 g/mol. The van der Waals surface area contributed by atoms with Crippen molar-refractivity contribution in [3.05, 3.63) is 23.5 Å². The Labute approximate surface area is 245 Å². The van der Waals surface area contributed by atoms with Gasteiger partial charge in [0.05, 0.1) is 18.5 Å². The van der Waals surface area contributed by atoms with Gasteiger partial charge in [-0.05, 0) is 71.9 Å². The number of carbonyl (C=O) groups is 2. The maximum Gasteiger partial charge on any atom is 0.407 e. The van der Waals surface area contributed by atoms with Gasteiger partial charge < -0.3 is 34.5 Å². The van der Waals surface area contributed by atoms with Gasteiger partial charge >= 0.3 is 12.1 Å². The molecule has 1 saturated carbocycles. The van der Waals surface area contributed by atoms with Crippen molar-refractivity contribution in [2.45, 2.75) is 122 Å². The summed E-state index contributed by atoms with van der Waals surface area (Å²) in [7, 11) is 0.0917. The van der Waals surface area contributed by atoms with Crippen LogP contribution in [0.3, 0.4) is 0 Å². The number of ether oxygens (including phenoxy) is 3. The topological polar surface area (TPSA) is 124 Å². The highest BCUT2D eigenvalue weighted by molar-refractivity contribution is 6.76. The molecule has 1 unspecified atom stereocenters. The number of hydrogen-bond donors (Lipinski definition) is 3. The lowest BCUT2D eigenvalue weighted by atomic mass is 9.90. The van der Waals surface area contributed by atoms with Gasteiger partial charge in [0.25, 0.3) is 0 Å². The lowest BCUT2D eigenvalue weighted by Gasteiger charge is -2.31. The van der Waals surface area contributed by atoms with Crippen molar-refractivity contribution in [3.63, 3.8) is 0 Å². The number of carbonyl (C=O) groups excluding carboxylic acids is 2. The third-order valence-electron chi connectivity index (χ3n) is 7.58. The lowest BCUT2D eigenvalue weighted by Crippen LogP contribution is -2.42. The van der Waals surface area contributed by atoms with Gasteiger partial charge in [-0.15, -0.1) is 0 Å². The number of fused-ring (bicyclic) bond motifs is 1. The quantitative estimate of drug-likeness (QED) is 0.165. The highest BCUT2D eigenvalue weighted by Gasteiger charge is 2.31. The number of esters is 1. The van der Waals surface area contributed by atoms with E-state index in [1.165, 1.54) is 13.3 Å². The molecular formula is C30H50N4O6Si. The fourth-order valence-corrected chi connectivity index (χ4v) is 5.73. The summed E-state index contributed by atoms with van der Waals surface area (Å²) in [5, 5.41) is 18.6. The third-order valence-corrected chi connectivity index (χ3v) is 9.29. The van der Waals surface area contributed by atoms with Crippen molar-refractivity contribution >= 4 is 36.9 Å². The second kappa shape index (κ2) is 13.1. The maximum absolute atomic E-state index is 12.8. The number of methoxy groups -OCH3 is 1.